The van der Waals surface area contributed by atoms with Crippen molar-refractivity contribution >= 4 is 6.29 Å². The van der Waals surface area contributed by atoms with Crippen molar-refractivity contribution in [1.29, 1.82) is 0 Å². The molecule has 1 fully saturated rings. The summed E-state index contributed by atoms with van der Waals surface area (Å²) in [7, 11) is 0. The molecule has 0 bridgehead atoms. The fraction of sp³-hybridized carbons (Fsp3) is 0.364. The molecule has 1 aromatic rings. The number of rotatable bonds is 3. The molecule has 1 aromatic carbocycles. The third-order valence-corrected chi connectivity index (χ3v) is 2.18. The van der Waals surface area contributed by atoms with Crippen LogP contribution >= 0.6 is 0 Å². The zero-order chi connectivity index (χ0) is 9.80. The molecule has 0 amide bonds. The first-order valence-electron chi connectivity index (χ1n) is 4.66. The van der Waals surface area contributed by atoms with E-state index in [1.54, 1.807) is 0 Å². The predicted molar refractivity (Wildman–Crippen MR) is 50.7 cm³/mol. The third-order valence-electron chi connectivity index (χ3n) is 2.18. The molecule has 74 valence electrons. The van der Waals surface area contributed by atoms with Crippen LogP contribution < -0.4 is 0 Å². The fourth-order valence-corrected chi connectivity index (χ4v) is 1.46. The van der Waals surface area contributed by atoms with Crippen LogP contribution in [0.25, 0.3) is 0 Å². The Morgan fingerprint density at radius 2 is 2.14 bits per heavy atom. The van der Waals surface area contributed by atoms with E-state index in [1.165, 1.54) is 0 Å². The Kier molecular flexibility index (Phi) is 2.91. The highest BCUT2D eigenvalue weighted by atomic mass is 16.7. The van der Waals surface area contributed by atoms with Gasteiger partial charge in [0.2, 0.25) is 0 Å². The molecule has 0 N–H and O–H groups in total. The molecule has 0 aromatic heterocycles. The molecule has 1 aliphatic rings. The number of hydrogen-bond acceptors (Lipinski definition) is 3. The first-order chi connectivity index (χ1) is 6.90. The average molecular weight is 192 g/mol. The smallest absolute Gasteiger partial charge is 0.184 e. The quantitative estimate of drug-likeness (QED) is 0.683. The minimum Gasteiger partial charge on any atom is -0.346 e. The van der Waals surface area contributed by atoms with Gasteiger partial charge >= 0.3 is 0 Å². The number of carbonyl (C=O) groups excluding carboxylic acids is 1. The van der Waals surface area contributed by atoms with Crippen LogP contribution in [0.15, 0.2) is 30.3 Å². The van der Waals surface area contributed by atoms with Crippen LogP contribution in [0.5, 0.6) is 0 Å². The van der Waals surface area contributed by atoms with Crippen molar-refractivity contribution in [3.8, 4) is 0 Å². The van der Waals surface area contributed by atoms with Crippen molar-refractivity contribution < 1.29 is 14.3 Å². The van der Waals surface area contributed by atoms with Gasteiger partial charge in [-0.05, 0) is 0 Å². The minimum atomic E-state index is -0.304. The lowest BCUT2D eigenvalue weighted by atomic mass is 10.2. The summed E-state index contributed by atoms with van der Waals surface area (Å²) in [5.74, 6) is 0. The summed E-state index contributed by atoms with van der Waals surface area (Å²) < 4.78 is 11.0. The van der Waals surface area contributed by atoms with Crippen LogP contribution in [0.4, 0.5) is 0 Å². The van der Waals surface area contributed by atoms with Crippen molar-refractivity contribution in [2.75, 3.05) is 6.61 Å². The summed E-state index contributed by atoms with van der Waals surface area (Å²) in [5.41, 5.74) is 1.00. The molecule has 0 saturated carbocycles. The predicted octanol–water partition coefficient (Wildman–Crippen LogP) is 1.69. The zero-order valence-corrected chi connectivity index (χ0v) is 7.76. The topological polar surface area (TPSA) is 35.5 Å². The van der Waals surface area contributed by atoms with Gasteiger partial charge in [0.15, 0.2) is 6.29 Å². The molecule has 2 unspecified atom stereocenters. The summed E-state index contributed by atoms with van der Waals surface area (Å²) in [5, 5.41) is 0. The largest absolute Gasteiger partial charge is 0.346 e. The van der Waals surface area contributed by atoms with E-state index in [2.05, 4.69) is 0 Å². The fourth-order valence-electron chi connectivity index (χ4n) is 1.46. The first-order valence-corrected chi connectivity index (χ1v) is 4.66. The molecule has 1 saturated heterocycles. The molecular weight excluding hydrogens is 180 g/mol. The number of ether oxygens (including phenoxy) is 2. The summed E-state index contributed by atoms with van der Waals surface area (Å²) in [6.07, 6.45) is 0.879. The number of carbonyl (C=O) groups is 1. The van der Waals surface area contributed by atoms with Gasteiger partial charge in [0.25, 0.3) is 0 Å². The highest BCUT2D eigenvalue weighted by Gasteiger charge is 2.26. The minimum absolute atomic E-state index is 0.0855. The van der Waals surface area contributed by atoms with Gasteiger partial charge in [-0.1, -0.05) is 30.3 Å². The summed E-state index contributed by atoms with van der Waals surface area (Å²) in [6, 6.07) is 9.73. The van der Waals surface area contributed by atoms with E-state index in [9.17, 15) is 4.79 Å². The molecule has 3 heteroatoms. The number of benzene rings is 1. The van der Waals surface area contributed by atoms with Gasteiger partial charge in [-0.2, -0.15) is 0 Å². The Balaban J connectivity index is 1.99. The highest BCUT2D eigenvalue weighted by Crippen LogP contribution is 2.27. The summed E-state index contributed by atoms with van der Waals surface area (Å²) in [4.78, 5) is 10.3. The van der Waals surface area contributed by atoms with Gasteiger partial charge < -0.3 is 14.3 Å². The van der Waals surface area contributed by atoms with Crippen molar-refractivity contribution in [2.45, 2.75) is 18.8 Å². The van der Waals surface area contributed by atoms with Crippen LogP contribution in [0.1, 0.15) is 18.3 Å². The molecule has 1 heterocycles. The normalized spacial score (nSPS) is 26.3. The van der Waals surface area contributed by atoms with E-state index < -0.39 is 0 Å². The van der Waals surface area contributed by atoms with Crippen LogP contribution in [0, 0.1) is 0 Å². The molecule has 0 aliphatic carbocycles. The van der Waals surface area contributed by atoms with E-state index in [1.807, 2.05) is 30.3 Å². The summed E-state index contributed by atoms with van der Waals surface area (Å²) in [6.45, 7) is 0.498. The SMILES string of the molecule is O=CCC1COC(c2ccccc2)O1. The second-order valence-electron chi connectivity index (χ2n) is 3.24. The maximum atomic E-state index is 10.3. The number of aldehydes is 1. The van der Waals surface area contributed by atoms with Crippen molar-refractivity contribution in [2.24, 2.45) is 0 Å². The van der Waals surface area contributed by atoms with Crippen molar-refractivity contribution in [3.63, 3.8) is 0 Å². The Hall–Kier alpha value is -1.19. The summed E-state index contributed by atoms with van der Waals surface area (Å²) >= 11 is 0. The second kappa shape index (κ2) is 4.35. The Morgan fingerprint density at radius 3 is 2.86 bits per heavy atom. The molecular formula is C11H12O3. The number of hydrogen-bond donors (Lipinski definition) is 0. The lowest BCUT2D eigenvalue weighted by Gasteiger charge is -2.09. The van der Waals surface area contributed by atoms with E-state index >= 15 is 0 Å². The van der Waals surface area contributed by atoms with Gasteiger partial charge in [0.05, 0.1) is 12.7 Å². The Bertz CT molecular complexity index is 297. The van der Waals surface area contributed by atoms with E-state index in [4.69, 9.17) is 9.47 Å². The molecule has 0 spiro atoms. The Morgan fingerprint density at radius 1 is 1.36 bits per heavy atom. The van der Waals surface area contributed by atoms with Crippen molar-refractivity contribution in [1.82, 2.24) is 0 Å². The van der Waals surface area contributed by atoms with Gasteiger partial charge in [-0.15, -0.1) is 0 Å². The lowest BCUT2D eigenvalue weighted by molar-refractivity contribution is -0.111. The monoisotopic (exact) mass is 192 g/mol. The van der Waals surface area contributed by atoms with E-state index in [0.29, 0.717) is 13.0 Å². The van der Waals surface area contributed by atoms with Gasteiger partial charge in [0, 0.05) is 12.0 Å². The van der Waals surface area contributed by atoms with Crippen LogP contribution in [0.2, 0.25) is 0 Å². The highest BCUT2D eigenvalue weighted by molar-refractivity contribution is 5.50. The van der Waals surface area contributed by atoms with Crippen LogP contribution in [-0.2, 0) is 14.3 Å². The maximum Gasteiger partial charge on any atom is 0.184 e. The van der Waals surface area contributed by atoms with E-state index in [-0.39, 0.29) is 12.4 Å². The average Bonchev–Trinajstić information content (AvgIpc) is 2.68. The lowest BCUT2D eigenvalue weighted by Crippen LogP contribution is -2.09. The molecule has 1 aliphatic heterocycles. The molecule has 3 nitrogen and oxygen atoms in total. The standard InChI is InChI=1S/C11H12O3/c12-7-6-10-8-13-11(14-10)9-4-2-1-3-5-9/h1-5,7,10-11H,6,8H2. The maximum absolute atomic E-state index is 10.3. The first kappa shape index (κ1) is 9.37. The van der Waals surface area contributed by atoms with Gasteiger partial charge in [-0.3, -0.25) is 0 Å². The third kappa shape index (κ3) is 2.00. The molecule has 0 radical (unpaired) electrons. The molecule has 2 rings (SSSR count). The zero-order valence-electron chi connectivity index (χ0n) is 7.76. The van der Waals surface area contributed by atoms with Gasteiger partial charge in [-0.25, -0.2) is 0 Å². The van der Waals surface area contributed by atoms with Gasteiger partial charge in [0.1, 0.15) is 6.29 Å². The Labute approximate surface area is 82.6 Å². The van der Waals surface area contributed by atoms with Crippen LogP contribution in [-0.4, -0.2) is 19.0 Å². The van der Waals surface area contributed by atoms with Crippen molar-refractivity contribution in [3.05, 3.63) is 35.9 Å². The van der Waals surface area contributed by atoms with Crippen LogP contribution in [0.3, 0.4) is 0 Å². The van der Waals surface area contributed by atoms with E-state index in [0.717, 1.165) is 11.8 Å². The second-order valence-corrected chi connectivity index (χ2v) is 3.24. The molecule has 14 heavy (non-hydrogen) atoms. The molecule has 2 atom stereocenters.